The number of hydrogen-bond donors (Lipinski definition) is 2. The molecule has 1 heterocycles. The second-order valence-electron chi connectivity index (χ2n) is 5.93. The summed E-state index contributed by atoms with van der Waals surface area (Å²) in [6, 6.07) is 19.9. The molecule has 1 aromatic heterocycles. The summed E-state index contributed by atoms with van der Waals surface area (Å²) in [5.74, 6) is -2.01. The summed E-state index contributed by atoms with van der Waals surface area (Å²) in [6.07, 6.45) is 0.712. The van der Waals surface area contributed by atoms with Crippen LogP contribution in [-0.2, 0) is 16.0 Å². The summed E-state index contributed by atoms with van der Waals surface area (Å²) in [5.41, 5.74) is 8.18. The Labute approximate surface area is 155 Å². The van der Waals surface area contributed by atoms with Crippen molar-refractivity contribution in [3.05, 3.63) is 71.1 Å². The van der Waals surface area contributed by atoms with Crippen molar-refractivity contribution in [2.24, 2.45) is 11.7 Å². The predicted molar refractivity (Wildman–Crippen MR) is 104 cm³/mol. The van der Waals surface area contributed by atoms with E-state index in [0.29, 0.717) is 11.6 Å². The predicted octanol–water partition coefficient (Wildman–Crippen LogP) is 3.46. The molecule has 2 amide bonds. The SMILES string of the molecule is CC(C(N)=O)C(=O)Nc1nc(-c2ccccc2)c(Cc2ccccc2)s1. The van der Waals surface area contributed by atoms with Gasteiger partial charge in [0.05, 0.1) is 5.69 Å². The fourth-order valence-corrected chi connectivity index (χ4v) is 3.49. The minimum Gasteiger partial charge on any atom is -0.369 e. The maximum Gasteiger partial charge on any atom is 0.238 e. The van der Waals surface area contributed by atoms with Crippen molar-refractivity contribution in [2.75, 3.05) is 5.32 Å². The molecule has 0 saturated heterocycles. The molecule has 0 aliphatic heterocycles. The summed E-state index contributed by atoms with van der Waals surface area (Å²) in [4.78, 5) is 29.0. The van der Waals surface area contributed by atoms with Crippen LogP contribution in [0.4, 0.5) is 5.13 Å². The molecule has 0 saturated carbocycles. The van der Waals surface area contributed by atoms with E-state index in [1.165, 1.54) is 18.3 Å². The van der Waals surface area contributed by atoms with Crippen molar-refractivity contribution in [3.8, 4) is 11.3 Å². The molecule has 0 fully saturated rings. The fraction of sp³-hybridized carbons (Fsp3) is 0.150. The lowest BCUT2D eigenvalue weighted by Crippen LogP contribution is -2.32. The van der Waals surface area contributed by atoms with Gasteiger partial charge in [0, 0.05) is 16.9 Å². The van der Waals surface area contributed by atoms with E-state index in [-0.39, 0.29) is 0 Å². The number of carbonyl (C=O) groups is 2. The van der Waals surface area contributed by atoms with Gasteiger partial charge in [-0.2, -0.15) is 0 Å². The first-order valence-electron chi connectivity index (χ1n) is 8.24. The van der Waals surface area contributed by atoms with Gasteiger partial charge in [-0.05, 0) is 12.5 Å². The average Bonchev–Trinajstić information content (AvgIpc) is 3.04. The van der Waals surface area contributed by atoms with Gasteiger partial charge in [0.15, 0.2) is 5.13 Å². The molecule has 0 spiro atoms. The Kier molecular flexibility index (Phi) is 5.43. The summed E-state index contributed by atoms with van der Waals surface area (Å²) in [6.45, 7) is 1.48. The Balaban J connectivity index is 1.92. The Morgan fingerprint density at radius 3 is 2.31 bits per heavy atom. The Morgan fingerprint density at radius 2 is 1.69 bits per heavy atom. The lowest BCUT2D eigenvalue weighted by atomic mass is 10.1. The maximum atomic E-state index is 12.1. The van der Waals surface area contributed by atoms with Crippen LogP contribution in [0.2, 0.25) is 0 Å². The highest BCUT2D eigenvalue weighted by Gasteiger charge is 2.21. The van der Waals surface area contributed by atoms with Gasteiger partial charge in [0.25, 0.3) is 0 Å². The molecule has 3 N–H and O–H groups in total. The van der Waals surface area contributed by atoms with Crippen molar-refractivity contribution in [2.45, 2.75) is 13.3 Å². The zero-order valence-electron chi connectivity index (χ0n) is 14.3. The van der Waals surface area contributed by atoms with E-state index in [1.54, 1.807) is 0 Å². The van der Waals surface area contributed by atoms with Crippen LogP contribution in [0.15, 0.2) is 60.7 Å². The van der Waals surface area contributed by atoms with Crippen LogP contribution >= 0.6 is 11.3 Å². The van der Waals surface area contributed by atoms with Crippen molar-refractivity contribution >= 4 is 28.3 Å². The number of benzene rings is 2. The smallest absolute Gasteiger partial charge is 0.238 e. The van der Waals surface area contributed by atoms with Crippen molar-refractivity contribution in [1.29, 1.82) is 0 Å². The minimum atomic E-state index is -0.906. The molecule has 0 radical (unpaired) electrons. The third-order valence-corrected chi connectivity index (χ3v) is 4.97. The van der Waals surface area contributed by atoms with E-state index in [9.17, 15) is 9.59 Å². The lowest BCUT2D eigenvalue weighted by Gasteiger charge is -2.05. The van der Waals surface area contributed by atoms with Crippen LogP contribution in [-0.4, -0.2) is 16.8 Å². The van der Waals surface area contributed by atoms with Crippen LogP contribution in [0, 0.1) is 5.92 Å². The molecule has 26 heavy (non-hydrogen) atoms. The van der Waals surface area contributed by atoms with E-state index in [1.807, 2.05) is 48.5 Å². The molecule has 3 aromatic rings. The minimum absolute atomic E-state index is 0.447. The van der Waals surface area contributed by atoms with Crippen LogP contribution in [0.5, 0.6) is 0 Å². The Bertz CT molecular complexity index is 907. The molecule has 0 aliphatic carbocycles. The van der Waals surface area contributed by atoms with Gasteiger partial charge in [0.2, 0.25) is 11.8 Å². The van der Waals surface area contributed by atoms with Gasteiger partial charge in [-0.3, -0.25) is 9.59 Å². The molecular weight excluding hydrogens is 346 g/mol. The summed E-state index contributed by atoms with van der Waals surface area (Å²) in [5, 5.41) is 3.17. The number of nitrogens with two attached hydrogens (primary N) is 1. The van der Waals surface area contributed by atoms with Gasteiger partial charge in [0.1, 0.15) is 5.92 Å². The standard InChI is InChI=1S/C20H19N3O2S/c1-13(18(21)24)19(25)23-20-22-17(15-10-6-3-7-11-15)16(26-20)12-14-8-4-2-5-9-14/h2-11,13H,12H2,1H3,(H2,21,24)(H,22,23,25). The second kappa shape index (κ2) is 7.93. The molecule has 1 unspecified atom stereocenters. The number of amides is 2. The first-order chi connectivity index (χ1) is 12.5. The number of thiazole rings is 1. The van der Waals surface area contributed by atoms with Crippen LogP contribution in [0.1, 0.15) is 17.4 Å². The summed E-state index contributed by atoms with van der Waals surface area (Å²) < 4.78 is 0. The van der Waals surface area contributed by atoms with Crippen LogP contribution in [0.25, 0.3) is 11.3 Å². The number of rotatable bonds is 6. The number of hydrogen-bond acceptors (Lipinski definition) is 4. The van der Waals surface area contributed by atoms with Gasteiger partial charge >= 0.3 is 0 Å². The molecule has 1 atom stereocenters. The molecule has 2 aromatic carbocycles. The molecule has 132 valence electrons. The summed E-state index contributed by atoms with van der Waals surface area (Å²) >= 11 is 1.41. The first kappa shape index (κ1) is 17.8. The molecule has 3 rings (SSSR count). The highest BCUT2D eigenvalue weighted by atomic mass is 32.1. The number of aromatic nitrogens is 1. The van der Waals surface area contributed by atoms with Crippen LogP contribution in [0.3, 0.4) is 0 Å². The second-order valence-corrected chi connectivity index (χ2v) is 7.02. The first-order valence-corrected chi connectivity index (χ1v) is 9.05. The third-order valence-electron chi connectivity index (χ3n) is 4.00. The van der Waals surface area contributed by atoms with E-state index in [4.69, 9.17) is 5.73 Å². The molecule has 5 nitrogen and oxygen atoms in total. The van der Waals surface area contributed by atoms with Gasteiger partial charge < -0.3 is 11.1 Å². The van der Waals surface area contributed by atoms with Crippen molar-refractivity contribution in [3.63, 3.8) is 0 Å². The van der Waals surface area contributed by atoms with Gasteiger partial charge in [-0.15, -0.1) is 11.3 Å². The number of primary amides is 1. The van der Waals surface area contributed by atoms with Crippen LogP contribution < -0.4 is 11.1 Å². The van der Waals surface area contributed by atoms with Crippen molar-refractivity contribution < 1.29 is 9.59 Å². The van der Waals surface area contributed by atoms with E-state index >= 15 is 0 Å². The lowest BCUT2D eigenvalue weighted by molar-refractivity contribution is -0.129. The molecule has 0 aliphatic rings. The number of carbonyl (C=O) groups excluding carboxylic acids is 2. The van der Waals surface area contributed by atoms with E-state index < -0.39 is 17.7 Å². The van der Waals surface area contributed by atoms with Gasteiger partial charge in [-0.25, -0.2) is 4.98 Å². The zero-order chi connectivity index (χ0) is 18.5. The largest absolute Gasteiger partial charge is 0.369 e. The Hall–Kier alpha value is -2.99. The number of nitrogens with zero attached hydrogens (tertiary/aromatic N) is 1. The molecular formula is C20H19N3O2S. The number of anilines is 1. The normalized spacial score (nSPS) is 11.7. The summed E-state index contributed by atoms with van der Waals surface area (Å²) in [7, 11) is 0. The Morgan fingerprint density at radius 1 is 1.08 bits per heavy atom. The van der Waals surface area contributed by atoms with Gasteiger partial charge in [-0.1, -0.05) is 60.7 Å². The quantitative estimate of drug-likeness (QED) is 0.656. The molecule has 0 bridgehead atoms. The average molecular weight is 365 g/mol. The van der Waals surface area contributed by atoms with E-state index in [0.717, 1.165) is 21.7 Å². The zero-order valence-corrected chi connectivity index (χ0v) is 15.1. The number of nitrogens with one attached hydrogen (secondary N) is 1. The third kappa shape index (κ3) is 4.15. The maximum absolute atomic E-state index is 12.1. The van der Waals surface area contributed by atoms with E-state index in [2.05, 4.69) is 22.4 Å². The highest BCUT2D eigenvalue weighted by molar-refractivity contribution is 7.16. The highest BCUT2D eigenvalue weighted by Crippen LogP contribution is 2.33. The topological polar surface area (TPSA) is 85.1 Å². The fourth-order valence-electron chi connectivity index (χ4n) is 2.47. The molecule has 6 heteroatoms. The van der Waals surface area contributed by atoms with Crippen molar-refractivity contribution in [1.82, 2.24) is 4.98 Å². The monoisotopic (exact) mass is 365 g/mol.